The van der Waals surface area contributed by atoms with Gasteiger partial charge >= 0.3 is 0 Å². The molecule has 0 saturated heterocycles. The lowest BCUT2D eigenvalue weighted by Gasteiger charge is -2.24. The maximum absolute atomic E-state index is 12.1. The van der Waals surface area contributed by atoms with Gasteiger partial charge in [-0.25, -0.2) is 0 Å². The van der Waals surface area contributed by atoms with Crippen molar-refractivity contribution in [3.05, 3.63) is 30.0 Å². The lowest BCUT2D eigenvalue weighted by molar-refractivity contribution is 0.0429. The quantitative estimate of drug-likeness (QED) is 0.764. The molecule has 0 aliphatic heterocycles. The number of aromatic nitrogens is 2. The highest BCUT2D eigenvalue weighted by molar-refractivity contribution is 5.97. The standard InChI is InChI=1S/C16H23N3O2/c1-11(2)6-7-16(3,21)10-17-15(20)12-4-5-14-13(8-12)9-18-19-14/h4-5,8-9,11,21H,6-7,10H2,1-3H3,(H,17,20)(H,18,19). The predicted molar refractivity (Wildman–Crippen MR) is 83.1 cm³/mol. The molecule has 5 heteroatoms. The zero-order valence-corrected chi connectivity index (χ0v) is 12.8. The van der Waals surface area contributed by atoms with Gasteiger partial charge in [-0.2, -0.15) is 5.10 Å². The van der Waals surface area contributed by atoms with E-state index in [0.717, 1.165) is 17.3 Å². The number of H-pyrrole nitrogens is 1. The van der Waals surface area contributed by atoms with Crippen LogP contribution in [0.3, 0.4) is 0 Å². The molecule has 21 heavy (non-hydrogen) atoms. The van der Waals surface area contributed by atoms with Crippen LogP contribution in [0.2, 0.25) is 0 Å². The van der Waals surface area contributed by atoms with Gasteiger partial charge in [0.2, 0.25) is 0 Å². The summed E-state index contributed by atoms with van der Waals surface area (Å²) < 4.78 is 0. The first kappa shape index (κ1) is 15.5. The minimum absolute atomic E-state index is 0.178. The van der Waals surface area contributed by atoms with Crippen LogP contribution in [0, 0.1) is 5.92 Å². The summed E-state index contributed by atoms with van der Waals surface area (Å²) in [6, 6.07) is 5.36. The molecule has 1 amide bonds. The molecule has 114 valence electrons. The fourth-order valence-electron chi connectivity index (χ4n) is 2.14. The summed E-state index contributed by atoms with van der Waals surface area (Å²) in [6.07, 6.45) is 3.29. The Labute approximate surface area is 124 Å². The molecule has 5 nitrogen and oxygen atoms in total. The molecule has 0 bridgehead atoms. The lowest BCUT2D eigenvalue weighted by Crippen LogP contribution is -2.40. The Morgan fingerprint density at radius 1 is 1.48 bits per heavy atom. The van der Waals surface area contributed by atoms with Crippen molar-refractivity contribution in [2.75, 3.05) is 6.54 Å². The van der Waals surface area contributed by atoms with Crippen LogP contribution in [0.5, 0.6) is 0 Å². The number of nitrogens with one attached hydrogen (secondary N) is 2. The highest BCUT2D eigenvalue weighted by Crippen LogP contribution is 2.16. The van der Waals surface area contributed by atoms with Gasteiger partial charge in [-0.15, -0.1) is 0 Å². The molecule has 1 unspecified atom stereocenters. The summed E-state index contributed by atoms with van der Waals surface area (Å²) >= 11 is 0. The van der Waals surface area contributed by atoms with Crippen molar-refractivity contribution in [2.24, 2.45) is 5.92 Å². The molecule has 2 aromatic rings. The van der Waals surface area contributed by atoms with E-state index in [2.05, 4.69) is 29.4 Å². The third-order valence-electron chi connectivity index (χ3n) is 3.59. The number of fused-ring (bicyclic) bond motifs is 1. The van der Waals surface area contributed by atoms with E-state index in [9.17, 15) is 9.90 Å². The van der Waals surface area contributed by atoms with E-state index in [4.69, 9.17) is 0 Å². The molecule has 0 aliphatic carbocycles. The highest BCUT2D eigenvalue weighted by atomic mass is 16.3. The Morgan fingerprint density at radius 3 is 2.95 bits per heavy atom. The fraction of sp³-hybridized carbons (Fsp3) is 0.500. The topological polar surface area (TPSA) is 78.0 Å². The van der Waals surface area contributed by atoms with Gasteiger partial charge in [-0.05, 0) is 43.9 Å². The number of aliphatic hydroxyl groups is 1. The molecule has 1 aromatic carbocycles. The minimum Gasteiger partial charge on any atom is -0.388 e. The van der Waals surface area contributed by atoms with Gasteiger partial charge < -0.3 is 10.4 Å². The summed E-state index contributed by atoms with van der Waals surface area (Å²) in [6.45, 7) is 6.25. The Bertz CT molecular complexity index is 617. The molecule has 0 fully saturated rings. The Hall–Kier alpha value is -1.88. The number of carbonyl (C=O) groups is 1. The second-order valence-electron chi connectivity index (χ2n) is 6.28. The van der Waals surface area contributed by atoms with Crippen LogP contribution in [0.1, 0.15) is 44.0 Å². The number of rotatable bonds is 6. The van der Waals surface area contributed by atoms with E-state index in [-0.39, 0.29) is 12.5 Å². The Kier molecular flexibility index (Phi) is 4.63. The van der Waals surface area contributed by atoms with Crippen molar-refractivity contribution in [1.82, 2.24) is 15.5 Å². The van der Waals surface area contributed by atoms with Crippen molar-refractivity contribution >= 4 is 16.8 Å². The van der Waals surface area contributed by atoms with E-state index in [0.29, 0.717) is 17.9 Å². The van der Waals surface area contributed by atoms with E-state index >= 15 is 0 Å². The molecule has 0 spiro atoms. The largest absolute Gasteiger partial charge is 0.388 e. The molecular weight excluding hydrogens is 266 g/mol. The number of hydrogen-bond donors (Lipinski definition) is 3. The van der Waals surface area contributed by atoms with Crippen molar-refractivity contribution in [2.45, 2.75) is 39.2 Å². The number of carbonyl (C=O) groups excluding carboxylic acids is 1. The first-order valence-corrected chi connectivity index (χ1v) is 7.31. The van der Waals surface area contributed by atoms with Crippen LogP contribution in [0.15, 0.2) is 24.4 Å². The highest BCUT2D eigenvalue weighted by Gasteiger charge is 2.21. The van der Waals surface area contributed by atoms with E-state index < -0.39 is 5.60 Å². The van der Waals surface area contributed by atoms with Crippen LogP contribution in [0.25, 0.3) is 10.9 Å². The second-order valence-corrected chi connectivity index (χ2v) is 6.28. The number of benzene rings is 1. The monoisotopic (exact) mass is 289 g/mol. The van der Waals surface area contributed by atoms with Gasteiger partial charge in [-0.3, -0.25) is 9.89 Å². The molecule has 0 aliphatic rings. The molecule has 1 atom stereocenters. The maximum Gasteiger partial charge on any atom is 0.251 e. The van der Waals surface area contributed by atoms with E-state index in [1.54, 1.807) is 25.3 Å². The number of nitrogens with zero attached hydrogens (tertiary/aromatic N) is 1. The van der Waals surface area contributed by atoms with Gasteiger partial charge in [0.05, 0.1) is 17.3 Å². The molecule has 0 saturated carbocycles. The third-order valence-corrected chi connectivity index (χ3v) is 3.59. The number of hydrogen-bond acceptors (Lipinski definition) is 3. The smallest absolute Gasteiger partial charge is 0.251 e. The van der Waals surface area contributed by atoms with Gasteiger partial charge in [0.25, 0.3) is 5.91 Å². The van der Waals surface area contributed by atoms with Crippen LogP contribution in [-0.4, -0.2) is 33.4 Å². The number of amides is 1. The van der Waals surface area contributed by atoms with Crippen molar-refractivity contribution in [3.63, 3.8) is 0 Å². The average Bonchev–Trinajstić information content (AvgIpc) is 2.90. The molecule has 1 heterocycles. The van der Waals surface area contributed by atoms with Gasteiger partial charge in [0.1, 0.15) is 0 Å². The van der Waals surface area contributed by atoms with Crippen molar-refractivity contribution in [1.29, 1.82) is 0 Å². The number of aromatic amines is 1. The second kappa shape index (κ2) is 6.26. The van der Waals surface area contributed by atoms with Crippen molar-refractivity contribution < 1.29 is 9.90 Å². The van der Waals surface area contributed by atoms with Gasteiger partial charge in [0.15, 0.2) is 0 Å². The Balaban J connectivity index is 1.94. The lowest BCUT2D eigenvalue weighted by atomic mass is 9.95. The average molecular weight is 289 g/mol. The summed E-state index contributed by atoms with van der Waals surface area (Å²) in [7, 11) is 0. The molecule has 3 N–H and O–H groups in total. The molecule has 1 aromatic heterocycles. The maximum atomic E-state index is 12.1. The Morgan fingerprint density at radius 2 is 2.24 bits per heavy atom. The first-order valence-electron chi connectivity index (χ1n) is 7.31. The molecule has 0 radical (unpaired) electrons. The first-order chi connectivity index (χ1) is 9.87. The predicted octanol–water partition coefficient (Wildman–Crippen LogP) is 2.48. The van der Waals surface area contributed by atoms with Crippen LogP contribution < -0.4 is 5.32 Å². The summed E-state index contributed by atoms with van der Waals surface area (Å²) in [4.78, 5) is 12.1. The third kappa shape index (κ3) is 4.29. The van der Waals surface area contributed by atoms with Gasteiger partial charge in [-0.1, -0.05) is 13.8 Å². The zero-order chi connectivity index (χ0) is 15.5. The van der Waals surface area contributed by atoms with Crippen LogP contribution >= 0.6 is 0 Å². The molecule has 2 rings (SSSR count). The van der Waals surface area contributed by atoms with Crippen LogP contribution in [0.4, 0.5) is 0 Å². The van der Waals surface area contributed by atoms with Gasteiger partial charge in [0, 0.05) is 17.5 Å². The van der Waals surface area contributed by atoms with E-state index in [1.807, 2.05) is 6.07 Å². The summed E-state index contributed by atoms with van der Waals surface area (Å²) in [5, 5.41) is 20.7. The minimum atomic E-state index is -0.875. The van der Waals surface area contributed by atoms with Crippen LogP contribution in [-0.2, 0) is 0 Å². The van der Waals surface area contributed by atoms with E-state index in [1.165, 1.54) is 0 Å². The summed E-state index contributed by atoms with van der Waals surface area (Å²) in [5.74, 6) is 0.360. The normalized spacial score (nSPS) is 14.3. The fourth-order valence-corrected chi connectivity index (χ4v) is 2.14. The zero-order valence-electron chi connectivity index (χ0n) is 12.8. The molecular formula is C16H23N3O2. The van der Waals surface area contributed by atoms with Crippen molar-refractivity contribution in [3.8, 4) is 0 Å². The summed E-state index contributed by atoms with van der Waals surface area (Å²) in [5.41, 5.74) is 0.596. The SMILES string of the molecule is CC(C)CCC(C)(O)CNC(=O)c1ccc2[nH]ncc2c1.